The molecular weight excluding hydrogens is 258 g/mol. The molecule has 0 saturated heterocycles. The van der Waals surface area contributed by atoms with Crippen molar-refractivity contribution in [1.82, 2.24) is 4.57 Å². The van der Waals surface area contributed by atoms with Crippen molar-refractivity contribution < 1.29 is 9.53 Å². The van der Waals surface area contributed by atoms with Gasteiger partial charge < -0.3 is 9.30 Å². The van der Waals surface area contributed by atoms with E-state index in [2.05, 4.69) is 29.8 Å². The van der Waals surface area contributed by atoms with Gasteiger partial charge in [0.25, 0.3) is 0 Å². The van der Waals surface area contributed by atoms with E-state index in [-0.39, 0.29) is 11.4 Å². The molecule has 0 spiro atoms. The van der Waals surface area contributed by atoms with E-state index < -0.39 is 0 Å². The highest BCUT2D eigenvalue weighted by atomic mass is 79.9. The Kier molecular flexibility index (Phi) is 3.60. The van der Waals surface area contributed by atoms with Gasteiger partial charge in [0.1, 0.15) is 5.69 Å². The van der Waals surface area contributed by atoms with Crippen LogP contribution in [0.25, 0.3) is 0 Å². The Morgan fingerprint density at radius 2 is 2.13 bits per heavy atom. The van der Waals surface area contributed by atoms with E-state index in [1.54, 1.807) is 6.07 Å². The highest BCUT2D eigenvalue weighted by Gasteiger charge is 2.24. The van der Waals surface area contributed by atoms with Gasteiger partial charge in [-0.3, -0.25) is 0 Å². The summed E-state index contributed by atoms with van der Waals surface area (Å²) < 4.78 is 6.59. The lowest BCUT2D eigenvalue weighted by Crippen LogP contribution is -2.23. The van der Waals surface area contributed by atoms with Gasteiger partial charge in [0.05, 0.1) is 7.11 Å². The maximum atomic E-state index is 11.4. The molecular formula is C11H16BrNO2. The first-order chi connectivity index (χ1) is 6.94. The zero-order chi connectivity index (χ0) is 11.6. The number of hydrogen-bond acceptors (Lipinski definition) is 2. The third-order valence-corrected chi connectivity index (χ3v) is 3.95. The molecule has 0 N–H and O–H groups in total. The van der Waals surface area contributed by atoms with Crippen LogP contribution in [0.1, 0.15) is 30.0 Å². The second-order valence-corrected chi connectivity index (χ2v) is 4.73. The van der Waals surface area contributed by atoms with Crippen molar-refractivity contribution in [3.8, 4) is 0 Å². The van der Waals surface area contributed by atoms with E-state index in [0.29, 0.717) is 5.69 Å². The van der Waals surface area contributed by atoms with E-state index in [1.165, 1.54) is 7.11 Å². The van der Waals surface area contributed by atoms with Crippen LogP contribution < -0.4 is 0 Å². The Hall–Kier alpha value is -0.770. The normalized spacial score (nSPS) is 11.5. The first-order valence-corrected chi connectivity index (χ1v) is 5.86. The summed E-state index contributed by atoms with van der Waals surface area (Å²) in [5.41, 5.74) is 1.70. The van der Waals surface area contributed by atoms with Crippen LogP contribution in [-0.2, 0) is 17.2 Å². The number of esters is 1. The number of methoxy groups -OCH3 is 1. The lowest BCUT2D eigenvalue weighted by Gasteiger charge is -2.23. The molecule has 1 aromatic heterocycles. The Balaban J connectivity index is 3.15. The topological polar surface area (TPSA) is 31.2 Å². The average Bonchev–Trinajstić information content (AvgIpc) is 2.59. The molecule has 0 radical (unpaired) electrons. The minimum atomic E-state index is -0.297. The third-order valence-electron chi connectivity index (χ3n) is 2.54. The van der Waals surface area contributed by atoms with Crippen LogP contribution in [0.15, 0.2) is 12.1 Å². The zero-order valence-corrected chi connectivity index (χ0v) is 11.1. The fourth-order valence-corrected chi connectivity index (χ4v) is 1.86. The van der Waals surface area contributed by atoms with Gasteiger partial charge in [0.15, 0.2) is 0 Å². The molecule has 0 aliphatic heterocycles. The maximum Gasteiger partial charge on any atom is 0.354 e. The van der Waals surface area contributed by atoms with Crippen LogP contribution in [0.3, 0.4) is 0 Å². The number of ether oxygens (including phenoxy) is 1. The predicted octanol–water partition coefficient (Wildman–Crippen LogP) is 2.48. The molecule has 0 aliphatic carbocycles. The molecule has 0 aliphatic rings. The molecule has 1 aromatic rings. The maximum absolute atomic E-state index is 11.4. The summed E-state index contributed by atoms with van der Waals surface area (Å²) in [6, 6.07) is 3.76. The van der Waals surface area contributed by atoms with E-state index >= 15 is 0 Å². The first-order valence-electron chi connectivity index (χ1n) is 4.74. The Labute approximate surface area is 98.5 Å². The molecule has 84 valence electrons. The molecule has 0 aromatic carbocycles. The molecule has 0 unspecified atom stereocenters. The number of alkyl halides is 1. The number of aromatic nitrogens is 1. The second kappa shape index (κ2) is 4.39. The predicted molar refractivity (Wildman–Crippen MR) is 63.6 cm³/mol. The molecule has 3 nitrogen and oxygen atoms in total. The van der Waals surface area contributed by atoms with Crippen molar-refractivity contribution in [2.75, 3.05) is 12.4 Å². The molecule has 0 saturated carbocycles. The molecule has 0 atom stereocenters. The number of rotatable bonds is 3. The minimum Gasteiger partial charge on any atom is -0.464 e. The van der Waals surface area contributed by atoms with Gasteiger partial charge in [-0.2, -0.15) is 0 Å². The molecule has 15 heavy (non-hydrogen) atoms. The summed E-state index contributed by atoms with van der Waals surface area (Å²) in [5, 5.41) is 0.846. The van der Waals surface area contributed by atoms with Gasteiger partial charge >= 0.3 is 5.97 Å². The molecule has 1 rings (SSSR count). The average molecular weight is 274 g/mol. The lowest BCUT2D eigenvalue weighted by molar-refractivity contribution is 0.0589. The van der Waals surface area contributed by atoms with Crippen LogP contribution in [0, 0.1) is 0 Å². The summed E-state index contributed by atoms with van der Waals surface area (Å²) in [5.74, 6) is -0.297. The fraction of sp³-hybridized carbons (Fsp3) is 0.545. The van der Waals surface area contributed by atoms with Crippen molar-refractivity contribution >= 4 is 21.9 Å². The van der Waals surface area contributed by atoms with Crippen molar-refractivity contribution in [2.45, 2.75) is 19.3 Å². The Morgan fingerprint density at radius 3 is 2.60 bits per heavy atom. The highest BCUT2D eigenvalue weighted by Crippen LogP contribution is 2.26. The van der Waals surface area contributed by atoms with Crippen molar-refractivity contribution in [3.63, 3.8) is 0 Å². The van der Waals surface area contributed by atoms with E-state index in [9.17, 15) is 4.79 Å². The summed E-state index contributed by atoms with van der Waals surface area (Å²) in [7, 11) is 3.27. The lowest BCUT2D eigenvalue weighted by atomic mass is 9.92. The summed E-state index contributed by atoms with van der Waals surface area (Å²) in [6.07, 6.45) is 0. The monoisotopic (exact) mass is 273 g/mol. The van der Waals surface area contributed by atoms with Gasteiger partial charge in [-0.15, -0.1) is 0 Å². The Morgan fingerprint density at radius 1 is 1.53 bits per heavy atom. The van der Waals surface area contributed by atoms with Gasteiger partial charge in [-0.1, -0.05) is 29.8 Å². The van der Waals surface area contributed by atoms with Crippen molar-refractivity contribution in [3.05, 3.63) is 23.5 Å². The summed E-state index contributed by atoms with van der Waals surface area (Å²) in [6.45, 7) is 4.25. The number of nitrogens with zero attached hydrogens (tertiary/aromatic N) is 1. The molecule has 0 bridgehead atoms. The van der Waals surface area contributed by atoms with Crippen LogP contribution in [0.4, 0.5) is 0 Å². The molecule has 1 heterocycles. The van der Waals surface area contributed by atoms with E-state index in [4.69, 9.17) is 4.74 Å². The van der Waals surface area contributed by atoms with Gasteiger partial charge in [0, 0.05) is 23.5 Å². The summed E-state index contributed by atoms with van der Waals surface area (Å²) in [4.78, 5) is 11.4. The van der Waals surface area contributed by atoms with Crippen LogP contribution in [0.2, 0.25) is 0 Å². The van der Waals surface area contributed by atoms with E-state index in [1.807, 2.05) is 17.7 Å². The molecule has 4 heteroatoms. The fourth-order valence-electron chi connectivity index (χ4n) is 1.57. The number of halogens is 1. The number of hydrogen-bond donors (Lipinski definition) is 0. The smallest absolute Gasteiger partial charge is 0.354 e. The van der Waals surface area contributed by atoms with Crippen molar-refractivity contribution in [2.24, 2.45) is 7.05 Å². The van der Waals surface area contributed by atoms with Crippen molar-refractivity contribution in [1.29, 1.82) is 0 Å². The molecule has 0 fully saturated rings. The SMILES string of the molecule is COC(=O)c1ccc(C(C)(C)CBr)n1C. The van der Waals surface area contributed by atoms with Gasteiger partial charge in [-0.25, -0.2) is 4.79 Å². The number of carbonyl (C=O) groups is 1. The van der Waals surface area contributed by atoms with E-state index in [0.717, 1.165) is 11.0 Å². The third kappa shape index (κ3) is 2.25. The van der Waals surface area contributed by atoms with Gasteiger partial charge in [-0.05, 0) is 12.1 Å². The number of carbonyl (C=O) groups excluding carboxylic acids is 1. The zero-order valence-electron chi connectivity index (χ0n) is 9.50. The second-order valence-electron chi connectivity index (χ2n) is 4.17. The van der Waals surface area contributed by atoms with Crippen LogP contribution >= 0.6 is 15.9 Å². The highest BCUT2D eigenvalue weighted by molar-refractivity contribution is 9.09. The quantitative estimate of drug-likeness (QED) is 0.626. The van der Waals surface area contributed by atoms with Crippen LogP contribution in [0.5, 0.6) is 0 Å². The molecule has 0 amide bonds. The summed E-state index contributed by atoms with van der Waals surface area (Å²) >= 11 is 3.48. The largest absolute Gasteiger partial charge is 0.464 e. The van der Waals surface area contributed by atoms with Crippen LogP contribution in [-0.4, -0.2) is 23.0 Å². The van der Waals surface area contributed by atoms with Gasteiger partial charge in [0.2, 0.25) is 0 Å². The standard InChI is InChI=1S/C11H16BrNO2/c1-11(2,7-12)9-6-5-8(13(9)3)10(14)15-4/h5-6H,7H2,1-4H3. The first kappa shape index (κ1) is 12.3. The minimum absolute atomic E-state index is 0.00101. The Bertz CT molecular complexity index is 369.